The van der Waals surface area contributed by atoms with Crippen LogP contribution >= 0.6 is 0 Å². The predicted molar refractivity (Wildman–Crippen MR) is 144 cm³/mol. The highest BCUT2D eigenvalue weighted by Crippen LogP contribution is 2.41. The first-order valence-electron chi connectivity index (χ1n) is 13.4. The van der Waals surface area contributed by atoms with Gasteiger partial charge in [-0.15, -0.1) is 6.42 Å². The van der Waals surface area contributed by atoms with E-state index in [4.69, 9.17) is 16.9 Å². The molecule has 1 aromatic carbocycles. The van der Waals surface area contributed by atoms with E-state index in [1.165, 1.54) is 4.90 Å². The number of nitrogens with two attached hydrogens (primary N) is 1. The Morgan fingerprint density at radius 1 is 1.13 bits per heavy atom. The van der Waals surface area contributed by atoms with Crippen molar-refractivity contribution in [3.8, 4) is 12.3 Å². The molecule has 0 bridgehead atoms. The molecule has 4 atom stereocenters. The largest absolute Gasteiger partial charge is 0.444 e. The summed E-state index contributed by atoms with van der Waals surface area (Å²) in [6.07, 6.45) is 9.92. The number of carbonyl (C=O) groups is 4. The van der Waals surface area contributed by atoms with E-state index in [9.17, 15) is 19.2 Å². The van der Waals surface area contributed by atoms with Crippen molar-refractivity contribution >= 4 is 23.8 Å². The first-order chi connectivity index (χ1) is 17.9. The Hall–Kier alpha value is -3.54. The van der Waals surface area contributed by atoms with Crippen LogP contribution in [0.2, 0.25) is 0 Å². The molecule has 2 saturated carbocycles. The second-order valence-electron chi connectivity index (χ2n) is 11.4. The van der Waals surface area contributed by atoms with Gasteiger partial charge in [-0.1, -0.05) is 44.2 Å². The van der Waals surface area contributed by atoms with Gasteiger partial charge >= 0.3 is 6.09 Å². The van der Waals surface area contributed by atoms with Crippen LogP contribution < -0.4 is 16.4 Å². The highest BCUT2D eigenvalue weighted by atomic mass is 16.6. The van der Waals surface area contributed by atoms with E-state index in [0.717, 1.165) is 32.1 Å². The third-order valence-corrected chi connectivity index (χ3v) is 6.94. The number of terminal acetylenes is 1. The van der Waals surface area contributed by atoms with E-state index in [-0.39, 0.29) is 23.9 Å². The minimum atomic E-state index is -1.29. The quantitative estimate of drug-likeness (QED) is 0.427. The third kappa shape index (κ3) is 7.98. The minimum Gasteiger partial charge on any atom is -0.444 e. The second kappa shape index (κ2) is 12.3. The number of ether oxygens (including phenoxy) is 1. The van der Waals surface area contributed by atoms with E-state index in [2.05, 4.69) is 16.6 Å². The summed E-state index contributed by atoms with van der Waals surface area (Å²) in [5.41, 5.74) is 5.89. The van der Waals surface area contributed by atoms with Crippen LogP contribution in [0.5, 0.6) is 0 Å². The molecule has 0 aliphatic heterocycles. The molecule has 38 heavy (non-hydrogen) atoms. The fraction of sp³-hybridized carbons (Fsp3) is 0.586. The van der Waals surface area contributed by atoms with Crippen molar-refractivity contribution in [3.63, 3.8) is 0 Å². The Morgan fingerprint density at radius 2 is 1.74 bits per heavy atom. The van der Waals surface area contributed by atoms with Crippen molar-refractivity contribution in [2.45, 2.75) is 102 Å². The van der Waals surface area contributed by atoms with Gasteiger partial charge in [0.15, 0.2) is 0 Å². The lowest BCUT2D eigenvalue weighted by Gasteiger charge is -2.36. The van der Waals surface area contributed by atoms with Gasteiger partial charge in [-0.2, -0.15) is 0 Å². The summed E-state index contributed by atoms with van der Waals surface area (Å²) in [6.45, 7) is 7.08. The van der Waals surface area contributed by atoms with E-state index in [1.54, 1.807) is 45.0 Å². The standard InChI is InChI=1S/C29H40N4O5/c1-6-19-12-14-20(15-13-19)25(26(35)31-21-10-8-7-9-11-21)33(23-16-18(23)2)27(36)22(17-24(30)34)32-28(37)38-29(3,4)5/h1,12-15,18,21-23,25H,7-11,16-17H2,2-5H3,(H2,30,34)(H,31,35)(H,32,37). The van der Waals surface area contributed by atoms with E-state index in [0.29, 0.717) is 17.5 Å². The number of nitrogens with zero attached hydrogens (tertiary/aromatic N) is 1. The Bertz CT molecular complexity index is 1070. The molecule has 2 aliphatic rings. The zero-order valence-corrected chi connectivity index (χ0v) is 22.8. The lowest BCUT2D eigenvalue weighted by Crippen LogP contribution is -2.55. The molecule has 2 aliphatic carbocycles. The van der Waals surface area contributed by atoms with Gasteiger partial charge in [-0.25, -0.2) is 4.79 Å². The molecule has 2 fully saturated rings. The smallest absolute Gasteiger partial charge is 0.408 e. The molecule has 206 valence electrons. The minimum absolute atomic E-state index is 0.0265. The average Bonchev–Trinajstić information content (AvgIpc) is 3.56. The summed E-state index contributed by atoms with van der Waals surface area (Å²) in [7, 11) is 0. The van der Waals surface area contributed by atoms with Crippen molar-refractivity contribution in [2.75, 3.05) is 0 Å². The third-order valence-electron chi connectivity index (χ3n) is 6.94. The summed E-state index contributed by atoms with van der Waals surface area (Å²) in [6, 6.07) is 4.48. The highest BCUT2D eigenvalue weighted by molar-refractivity contribution is 5.95. The van der Waals surface area contributed by atoms with Crippen LogP contribution in [0.4, 0.5) is 4.79 Å². The SMILES string of the molecule is C#Cc1ccc(C(C(=O)NC2CCCCC2)N(C(=O)C(CC(N)=O)NC(=O)OC(C)(C)C)C2CC2C)cc1. The number of nitrogens with one attached hydrogen (secondary N) is 2. The van der Waals surface area contributed by atoms with Crippen molar-refractivity contribution in [1.82, 2.24) is 15.5 Å². The molecule has 0 radical (unpaired) electrons. The zero-order valence-electron chi connectivity index (χ0n) is 22.8. The van der Waals surface area contributed by atoms with Crippen LogP contribution in [-0.4, -0.2) is 52.4 Å². The molecule has 0 aromatic heterocycles. The maximum Gasteiger partial charge on any atom is 0.408 e. The number of hydrogen-bond acceptors (Lipinski definition) is 5. The number of rotatable bonds is 9. The van der Waals surface area contributed by atoms with Gasteiger partial charge < -0.3 is 26.0 Å². The fourth-order valence-electron chi connectivity index (χ4n) is 4.93. The fourth-order valence-corrected chi connectivity index (χ4v) is 4.93. The van der Waals surface area contributed by atoms with Crippen molar-refractivity contribution in [2.24, 2.45) is 11.7 Å². The maximum atomic E-state index is 14.1. The van der Waals surface area contributed by atoms with E-state index < -0.39 is 42.0 Å². The van der Waals surface area contributed by atoms with E-state index in [1.807, 2.05) is 6.92 Å². The van der Waals surface area contributed by atoms with Crippen LogP contribution in [0, 0.1) is 18.3 Å². The van der Waals surface area contributed by atoms with Crippen molar-refractivity contribution in [1.29, 1.82) is 0 Å². The Morgan fingerprint density at radius 3 is 2.24 bits per heavy atom. The first kappa shape index (κ1) is 29.0. The number of hydrogen-bond donors (Lipinski definition) is 3. The van der Waals surface area contributed by atoms with E-state index >= 15 is 0 Å². The summed E-state index contributed by atoms with van der Waals surface area (Å²) in [5, 5.41) is 5.67. The van der Waals surface area contributed by atoms with Gasteiger partial charge in [0, 0.05) is 17.6 Å². The Kier molecular flexibility index (Phi) is 9.42. The number of primary amides is 1. The molecule has 4 N–H and O–H groups in total. The lowest BCUT2D eigenvalue weighted by atomic mass is 9.94. The Balaban J connectivity index is 1.98. The molecule has 4 unspecified atom stereocenters. The maximum absolute atomic E-state index is 14.1. The number of benzene rings is 1. The number of alkyl carbamates (subject to hydrolysis) is 1. The van der Waals surface area contributed by atoms with Crippen LogP contribution in [0.15, 0.2) is 24.3 Å². The van der Waals surface area contributed by atoms with Crippen LogP contribution in [-0.2, 0) is 19.1 Å². The molecule has 1 aromatic rings. The second-order valence-corrected chi connectivity index (χ2v) is 11.4. The molecule has 3 rings (SSSR count). The topological polar surface area (TPSA) is 131 Å². The van der Waals surface area contributed by atoms with Gasteiger partial charge in [-0.3, -0.25) is 14.4 Å². The van der Waals surface area contributed by atoms with Crippen molar-refractivity contribution < 1.29 is 23.9 Å². The summed E-state index contributed by atoms with van der Waals surface area (Å²) >= 11 is 0. The summed E-state index contributed by atoms with van der Waals surface area (Å²) in [5.74, 6) is 1.09. The van der Waals surface area contributed by atoms with Gasteiger partial charge in [0.1, 0.15) is 17.7 Å². The molecule has 0 spiro atoms. The lowest BCUT2D eigenvalue weighted by molar-refractivity contribution is -0.144. The zero-order chi connectivity index (χ0) is 28.0. The molecular formula is C29H40N4O5. The van der Waals surface area contributed by atoms with Gasteiger partial charge in [-0.05, 0) is 63.6 Å². The van der Waals surface area contributed by atoms with Gasteiger partial charge in [0.2, 0.25) is 17.7 Å². The molecule has 9 nitrogen and oxygen atoms in total. The van der Waals surface area contributed by atoms with Crippen LogP contribution in [0.25, 0.3) is 0 Å². The molecule has 0 saturated heterocycles. The van der Waals surface area contributed by atoms with Crippen LogP contribution in [0.1, 0.15) is 89.8 Å². The number of carbonyl (C=O) groups excluding carboxylic acids is 4. The monoisotopic (exact) mass is 524 g/mol. The molecular weight excluding hydrogens is 484 g/mol. The van der Waals surface area contributed by atoms with Crippen LogP contribution in [0.3, 0.4) is 0 Å². The van der Waals surface area contributed by atoms with Gasteiger partial charge in [0.05, 0.1) is 6.42 Å². The van der Waals surface area contributed by atoms with Gasteiger partial charge in [0.25, 0.3) is 0 Å². The molecule has 0 heterocycles. The first-order valence-corrected chi connectivity index (χ1v) is 13.4. The molecule has 4 amide bonds. The average molecular weight is 525 g/mol. The highest BCUT2D eigenvalue weighted by Gasteiger charge is 2.48. The predicted octanol–water partition coefficient (Wildman–Crippen LogP) is 3.16. The van der Waals surface area contributed by atoms with Crippen molar-refractivity contribution in [3.05, 3.63) is 35.4 Å². The molecule has 9 heteroatoms. The number of amides is 4. The summed E-state index contributed by atoms with van der Waals surface area (Å²) in [4.78, 5) is 53.9. The summed E-state index contributed by atoms with van der Waals surface area (Å²) < 4.78 is 5.32. The Labute approximate surface area is 225 Å². The normalized spacial score (nSPS) is 20.8.